The number of halogens is 4. The van der Waals surface area contributed by atoms with Gasteiger partial charge in [0.2, 0.25) is 0 Å². The van der Waals surface area contributed by atoms with E-state index in [1.54, 1.807) is 0 Å². The molecule has 2 aromatic rings. The molecule has 4 atom stereocenters. The summed E-state index contributed by atoms with van der Waals surface area (Å²) in [4.78, 5) is 5.36. The molecule has 6 N–H and O–H groups in total. The fourth-order valence-electron chi connectivity index (χ4n) is 6.74. The molecule has 4 unspecified atom stereocenters. The van der Waals surface area contributed by atoms with Gasteiger partial charge in [0.15, 0.2) is 0 Å². The Labute approximate surface area is 248 Å². The van der Waals surface area contributed by atoms with E-state index in [4.69, 9.17) is 11.5 Å². The minimum Gasteiger partial charge on any atom is -0.412 e. The number of rotatable bonds is 4. The van der Waals surface area contributed by atoms with Crippen molar-refractivity contribution in [1.29, 1.82) is 0 Å². The molecule has 4 aliphatic heterocycles. The smallest absolute Gasteiger partial charge is 0.0239 e. The van der Waals surface area contributed by atoms with Gasteiger partial charge in [-0.05, 0) is 62.5 Å². The molecular formula is C28H46Cl4N4O. The van der Waals surface area contributed by atoms with E-state index in [9.17, 15) is 0 Å². The molecule has 0 amide bonds. The minimum absolute atomic E-state index is 0. The van der Waals surface area contributed by atoms with Crippen LogP contribution in [0.3, 0.4) is 0 Å². The zero-order valence-corrected chi connectivity index (χ0v) is 24.8. The monoisotopic (exact) mass is 594 g/mol. The van der Waals surface area contributed by atoms with Crippen molar-refractivity contribution in [3.8, 4) is 0 Å². The molecule has 5 nitrogen and oxygen atoms in total. The lowest BCUT2D eigenvalue weighted by Gasteiger charge is -2.37. The third-order valence-electron chi connectivity index (χ3n) is 8.26. The summed E-state index contributed by atoms with van der Waals surface area (Å²) in [5.41, 5.74) is 15.0. The molecule has 4 heterocycles. The van der Waals surface area contributed by atoms with Crippen LogP contribution in [0.4, 0.5) is 0 Å². The molecule has 212 valence electrons. The summed E-state index contributed by atoms with van der Waals surface area (Å²) >= 11 is 0. The van der Waals surface area contributed by atoms with Crippen molar-refractivity contribution in [3.05, 3.63) is 71.8 Å². The minimum atomic E-state index is 0. The fourth-order valence-corrected chi connectivity index (χ4v) is 6.74. The molecule has 0 aliphatic carbocycles. The highest BCUT2D eigenvalue weighted by Crippen LogP contribution is 2.37. The Hall–Kier alpha value is -0.600. The molecule has 4 bridgehead atoms. The zero-order chi connectivity index (χ0) is 21.9. The standard InChI is InChI=1S/2C14H20N2.4ClH.H2O/c2*15-12-8-13-6-7-14(9-12)16(13)10-11-4-2-1-3-5-11;;;;;/h2*1-5,12-14H,6-10,15H2;4*1H;1H2. The van der Waals surface area contributed by atoms with Crippen LogP contribution in [-0.4, -0.2) is 51.5 Å². The molecule has 4 fully saturated rings. The van der Waals surface area contributed by atoms with E-state index in [0.717, 1.165) is 37.3 Å². The highest BCUT2D eigenvalue weighted by Gasteiger charge is 2.40. The highest BCUT2D eigenvalue weighted by molar-refractivity contribution is 5.86. The van der Waals surface area contributed by atoms with Gasteiger partial charge >= 0.3 is 0 Å². The largest absolute Gasteiger partial charge is 0.412 e. The normalized spacial score (nSPS) is 29.6. The van der Waals surface area contributed by atoms with Crippen LogP contribution in [0, 0.1) is 0 Å². The van der Waals surface area contributed by atoms with Crippen molar-refractivity contribution in [2.24, 2.45) is 11.5 Å². The molecule has 0 aromatic heterocycles. The van der Waals surface area contributed by atoms with Crippen molar-refractivity contribution < 1.29 is 5.48 Å². The predicted molar refractivity (Wildman–Crippen MR) is 165 cm³/mol. The molecule has 4 aliphatic rings. The maximum atomic E-state index is 6.08. The van der Waals surface area contributed by atoms with E-state index in [1.807, 2.05) is 0 Å². The summed E-state index contributed by atoms with van der Waals surface area (Å²) in [5.74, 6) is 0. The number of nitrogens with two attached hydrogens (primary N) is 2. The van der Waals surface area contributed by atoms with Crippen LogP contribution in [0.1, 0.15) is 62.5 Å². The Kier molecular flexibility index (Phi) is 16.9. The van der Waals surface area contributed by atoms with Gasteiger partial charge in [-0.3, -0.25) is 9.80 Å². The number of piperidine rings is 2. The second-order valence-corrected chi connectivity index (χ2v) is 10.5. The Bertz CT molecular complexity index is 766. The molecule has 9 heteroatoms. The number of benzene rings is 2. The van der Waals surface area contributed by atoms with Crippen molar-refractivity contribution in [2.45, 2.75) is 101 Å². The van der Waals surface area contributed by atoms with E-state index in [2.05, 4.69) is 70.5 Å². The summed E-state index contributed by atoms with van der Waals surface area (Å²) < 4.78 is 0. The first-order valence-corrected chi connectivity index (χ1v) is 12.8. The zero-order valence-electron chi connectivity index (χ0n) is 21.5. The second-order valence-electron chi connectivity index (χ2n) is 10.5. The Morgan fingerprint density at radius 3 is 1.05 bits per heavy atom. The van der Waals surface area contributed by atoms with Crippen molar-refractivity contribution in [3.63, 3.8) is 0 Å². The third-order valence-corrected chi connectivity index (χ3v) is 8.26. The summed E-state index contributed by atoms with van der Waals surface area (Å²) in [6, 6.07) is 25.5. The Morgan fingerprint density at radius 1 is 0.514 bits per heavy atom. The number of fused-ring (bicyclic) bond motifs is 4. The van der Waals surface area contributed by atoms with Crippen LogP contribution in [0.15, 0.2) is 60.7 Å². The van der Waals surface area contributed by atoms with Gasteiger partial charge in [0.05, 0.1) is 0 Å². The summed E-state index contributed by atoms with van der Waals surface area (Å²) in [7, 11) is 0. The Morgan fingerprint density at radius 2 is 0.784 bits per heavy atom. The molecule has 0 spiro atoms. The number of hydrogen-bond donors (Lipinski definition) is 2. The quantitative estimate of drug-likeness (QED) is 0.512. The first-order chi connectivity index (χ1) is 15.7. The first kappa shape index (κ1) is 36.4. The van der Waals surface area contributed by atoms with Crippen LogP contribution in [-0.2, 0) is 13.1 Å². The van der Waals surface area contributed by atoms with Crippen LogP contribution in [0.2, 0.25) is 0 Å². The molecule has 0 saturated carbocycles. The highest BCUT2D eigenvalue weighted by atomic mass is 35.5. The number of nitrogens with zero attached hydrogens (tertiary/aromatic N) is 2. The van der Waals surface area contributed by atoms with Gasteiger partial charge in [0.25, 0.3) is 0 Å². The van der Waals surface area contributed by atoms with Crippen LogP contribution in [0.5, 0.6) is 0 Å². The summed E-state index contributed by atoms with van der Waals surface area (Å²) in [5, 5.41) is 0. The van der Waals surface area contributed by atoms with E-state index >= 15 is 0 Å². The fraction of sp³-hybridized carbons (Fsp3) is 0.571. The van der Waals surface area contributed by atoms with Crippen LogP contribution < -0.4 is 11.5 Å². The molecule has 4 saturated heterocycles. The second kappa shape index (κ2) is 17.2. The maximum Gasteiger partial charge on any atom is 0.0239 e. The summed E-state index contributed by atoms with van der Waals surface area (Å²) in [6.07, 6.45) is 10.2. The maximum absolute atomic E-state index is 6.08. The lowest BCUT2D eigenvalue weighted by Crippen LogP contribution is -2.46. The molecular weight excluding hydrogens is 550 g/mol. The number of hydrogen-bond acceptors (Lipinski definition) is 4. The lowest BCUT2D eigenvalue weighted by atomic mass is 9.97. The first-order valence-electron chi connectivity index (χ1n) is 12.8. The molecule has 6 rings (SSSR count). The van der Waals surface area contributed by atoms with Gasteiger partial charge in [-0.15, -0.1) is 49.6 Å². The van der Waals surface area contributed by atoms with E-state index in [0.29, 0.717) is 12.1 Å². The average molecular weight is 597 g/mol. The van der Waals surface area contributed by atoms with Crippen LogP contribution >= 0.6 is 49.6 Å². The lowest BCUT2D eigenvalue weighted by molar-refractivity contribution is 0.120. The predicted octanol–water partition coefficient (Wildman–Crippen LogP) is 5.14. The Balaban J connectivity index is 0.000000617. The van der Waals surface area contributed by atoms with Crippen molar-refractivity contribution >= 4 is 49.6 Å². The van der Waals surface area contributed by atoms with Gasteiger partial charge < -0.3 is 16.9 Å². The van der Waals surface area contributed by atoms with Gasteiger partial charge in [0, 0.05) is 49.3 Å². The van der Waals surface area contributed by atoms with Crippen molar-refractivity contribution in [1.82, 2.24) is 9.80 Å². The van der Waals surface area contributed by atoms with Crippen LogP contribution in [0.25, 0.3) is 0 Å². The van der Waals surface area contributed by atoms with Gasteiger partial charge in [-0.2, -0.15) is 0 Å². The van der Waals surface area contributed by atoms with Crippen molar-refractivity contribution in [2.75, 3.05) is 0 Å². The molecule has 37 heavy (non-hydrogen) atoms. The van der Waals surface area contributed by atoms with Gasteiger partial charge in [-0.25, -0.2) is 0 Å². The van der Waals surface area contributed by atoms with Gasteiger partial charge in [-0.1, -0.05) is 60.7 Å². The van der Waals surface area contributed by atoms with Gasteiger partial charge in [0.1, 0.15) is 0 Å². The molecule has 2 aromatic carbocycles. The van der Waals surface area contributed by atoms with E-state index in [1.165, 1.54) is 62.5 Å². The topological polar surface area (TPSA) is 90.0 Å². The SMILES string of the molecule is Cl.Cl.Cl.Cl.NC1CC2CCC(C1)N2Cc1ccccc1.NC1CC2CCC(C1)N2Cc1ccccc1.O. The third kappa shape index (κ3) is 9.23. The summed E-state index contributed by atoms with van der Waals surface area (Å²) in [6.45, 7) is 2.23. The average Bonchev–Trinajstić information content (AvgIpc) is 3.17. The van der Waals surface area contributed by atoms with E-state index in [-0.39, 0.29) is 55.1 Å². The van der Waals surface area contributed by atoms with E-state index < -0.39 is 0 Å². The molecule has 0 radical (unpaired) electrons.